The van der Waals surface area contributed by atoms with Gasteiger partial charge in [-0.15, -0.1) is 0 Å². The number of aryl methyl sites for hydroxylation is 1. The van der Waals surface area contributed by atoms with E-state index in [1.807, 2.05) is 48.5 Å². The van der Waals surface area contributed by atoms with Crippen molar-refractivity contribution in [2.24, 2.45) is 0 Å². The lowest BCUT2D eigenvalue weighted by Gasteiger charge is -2.16. The largest absolute Gasteiger partial charge is 0.380 e. The number of ketones is 1. The Morgan fingerprint density at radius 2 is 1.24 bits per heavy atom. The molecule has 0 bridgehead atoms. The van der Waals surface area contributed by atoms with Crippen molar-refractivity contribution in [2.75, 3.05) is 0 Å². The van der Waals surface area contributed by atoms with Crippen LogP contribution in [0.25, 0.3) is 0 Å². The number of carbonyl (C=O) groups is 1. The first-order valence-electron chi connectivity index (χ1n) is 13.7. The number of hydrogen-bond acceptors (Lipinski definition) is 4. The van der Waals surface area contributed by atoms with Crippen molar-refractivity contribution in [3.8, 4) is 5.75 Å². The molecule has 0 aliphatic rings. The summed E-state index contributed by atoms with van der Waals surface area (Å²) >= 11 is -2.14. The van der Waals surface area contributed by atoms with E-state index in [1.54, 1.807) is 36.4 Å². The number of hydrogen-bond donors (Lipinski definition) is 0. The maximum atomic E-state index is 13.1. The third kappa shape index (κ3) is 10.6. The van der Waals surface area contributed by atoms with E-state index in [0.717, 1.165) is 6.42 Å². The van der Waals surface area contributed by atoms with Crippen molar-refractivity contribution < 1.29 is 17.4 Å². The van der Waals surface area contributed by atoms with Gasteiger partial charge in [0.05, 0.1) is 0 Å². The molecule has 0 saturated carbocycles. The first-order chi connectivity index (χ1) is 18.2. The van der Waals surface area contributed by atoms with Gasteiger partial charge in [-0.2, -0.15) is 4.21 Å². The van der Waals surface area contributed by atoms with Gasteiger partial charge in [0.15, 0.2) is 11.9 Å². The quantitative estimate of drug-likeness (QED) is 0.124. The average molecular weight is 521 g/mol. The molecule has 0 N–H and O–H groups in total. The number of Topliss-reactive ketones (excluding diaryl/α,β-unsaturated/α-hetero) is 1. The molecule has 4 nitrogen and oxygen atoms in total. The van der Waals surface area contributed by atoms with Crippen LogP contribution in [0.3, 0.4) is 0 Å². The molecule has 2 atom stereocenters. The van der Waals surface area contributed by atoms with E-state index >= 15 is 0 Å². The molecule has 3 rings (SSSR count). The van der Waals surface area contributed by atoms with Gasteiger partial charge in [-0.3, -0.25) is 4.79 Å². The van der Waals surface area contributed by atoms with Crippen molar-refractivity contribution in [2.45, 2.75) is 83.7 Å². The van der Waals surface area contributed by atoms with Gasteiger partial charge in [0.25, 0.3) is 0 Å². The fourth-order valence-electron chi connectivity index (χ4n) is 4.34. The van der Waals surface area contributed by atoms with Crippen LogP contribution in [0, 0.1) is 0 Å². The second-order valence-electron chi connectivity index (χ2n) is 9.48. The predicted molar refractivity (Wildman–Crippen MR) is 152 cm³/mol. The van der Waals surface area contributed by atoms with Gasteiger partial charge >= 0.3 is 11.4 Å². The van der Waals surface area contributed by atoms with Gasteiger partial charge in [0.1, 0.15) is 5.75 Å². The molecule has 0 radical (unpaired) electrons. The monoisotopic (exact) mass is 520 g/mol. The summed E-state index contributed by atoms with van der Waals surface area (Å²) in [5, 5.41) is 0. The number of unbranched alkanes of at least 4 members (excludes halogenated alkanes) is 9. The van der Waals surface area contributed by atoms with Crippen LogP contribution in [-0.4, -0.2) is 9.99 Å². The molecule has 37 heavy (non-hydrogen) atoms. The summed E-state index contributed by atoms with van der Waals surface area (Å²) in [7, 11) is 0. The van der Waals surface area contributed by atoms with Crippen molar-refractivity contribution in [1.29, 1.82) is 0 Å². The maximum absolute atomic E-state index is 13.1. The molecule has 0 aromatic heterocycles. The van der Waals surface area contributed by atoms with Gasteiger partial charge in [-0.05, 0) is 36.1 Å². The van der Waals surface area contributed by atoms with Crippen LogP contribution in [0.5, 0.6) is 5.75 Å². The highest BCUT2D eigenvalue weighted by atomic mass is 32.2. The molecule has 0 aliphatic carbocycles. The molecule has 3 aromatic carbocycles. The zero-order chi connectivity index (χ0) is 26.1. The van der Waals surface area contributed by atoms with Crippen molar-refractivity contribution in [3.05, 3.63) is 102 Å². The average Bonchev–Trinajstić information content (AvgIpc) is 2.94. The van der Waals surface area contributed by atoms with Crippen molar-refractivity contribution in [1.82, 2.24) is 0 Å². The van der Waals surface area contributed by atoms with E-state index in [0.29, 0.717) is 16.9 Å². The summed E-state index contributed by atoms with van der Waals surface area (Å²) < 4.78 is 23.8. The molecule has 198 valence electrons. The van der Waals surface area contributed by atoms with Crippen LogP contribution in [0.15, 0.2) is 84.9 Å². The van der Waals surface area contributed by atoms with Crippen LogP contribution in [0.1, 0.15) is 98.7 Å². The topological polar surface area (TPSA) is 52.6 Å². The van der Waals surface area contributed by atoms with Crippen molar-refractivity contribution >= 4 is 17.1 Å². The third-order valence-electron chi connectivity index (χ3n) is 6.48. The molecular formula is C32H40O4S. The van der Waals surface area contributed by atoms with Gasteiger partial charge in [0, 0.05) is 5.56 Å². The van der Waals surface area contributed by atoms with E-state index in [9.17, 15) is 9.00 Å². The molecule has 3 aromatic rings. The van der Waals surface area contributed by atoms with Gasteiger partial charge < -0.3 is 4.18 Å². The van der Waals surface area contributed by atoms with Gasteiger partial charge in [0.2, 0.25) is 0 Å². The third-order valence-corrected chi connectivity index (χ3v) is 7.16. The SMILES string of the molecule is CCCCCCCCCCCCc1ccc(OS(=O)OC(C(=O)c2ccccc2)c2ccccc2)cc1. The zero-order valence-electron chi connectivity index (χ0n) is 22.0. The van der Waals surface area contributed by atoms with Gasteiger partial charge in [-0.1, -0.05) is 138 Å². The van der Waals surface area contributed by atoms with Crippen LogP contribution in [0.2, 0.25) is 0 Å². The highest BCUT2D eigenvalue weighted by Gasteiger charge is 2.26. The Balaban J connectivity index is 1.43. The Morgan fingerprint density at radius 1 is 0.703 bits per heavy atom. The molecule has 2 unspecified atom stereocenters. The molecule has 0 heterocycles. The fourth-order valence-corrected chi connectivity index (χ4v) is 5.00. The van der Waals surface area contributed by atoms with Crippen molar-refractivity contribution in [3.63, 3.8) is 0 Å². The maximum Gasteiger partial charge on any atom is 0.361 e. The van der Waals surface area contributed by atoms with Crippen LogP contribution in [0.4, 0.5) is 0 Å². The highest BCUT2D eigenvalue weighted by Crippen LogP contribution is 2.25. The zero-order valence-corrected chi connectivity index (χ0v) is 22.8. The Bertz CT molecular complexity index is 1050. The van der Waals surface area contributed by atoms with Gasteiger partial charge in [-0.25, -0.2) is 4.18 Å². The van der Waals surface area contributed by atoms with E-state index in [1.165, 1.54) is 69.8 Å². The minimum atomic E-state index is -2.14. The minimum absolute atomic E-state index is 0.268. The highest BCUT2D eigenvalue weighted by molar-refractivity contribution is 7.75. The molecule has 0 saturated heterocycles. The molecule has 0 amide bonds. The lowest BCUT2D eigenvalue weighted by atomic mass is 10.0. The summed E-state index contributed by atoms with van der Waals surface area (Å²) in [5.41, 5.74) is 2.35. The Morgan fingerprint density at radius 3 is 1.84 bits per heavy atom. The Labute approximate surface area is 225 Å². The Kier molecular flexibility index (Phi) is 13.1. The number of rotatable bonds is 18. The molecule has 0 spiro atoms. The normalized spacial score (nSPS) is 12.7. The molecule has 0 fully saturated rings. The lowest BCUT2D eigenvalue weighted by Crippen LogP contribution is -2.19. The van der Waals surface area contributed by atoms with Crippen LogP contribution >= 0.6 is 0 Å². The van der Waals surface area contributed by atoms with Crippen LogP contribution < -0.4 is 4.18 Å². The second-order valence-corrected chi connectivity index (χ2v) is 10.2. The first-order valence-corrected chi connectivity index (χ1v) is 14.7. The number of carbonyl (C=O) groups excluding carboxylic acids is 1. The lowest BCUT2D eigenvalue weighted by molar-refractivity contribution is 0.0800. The van der Waals surface area contributed by atoms with E-state index in [2.05, 4.69) is 6.92 Å². The first kappa shape index (κ1) is 28.8. The molecule has 0 aliphatic heterocycles. The predicted octanol–water partition coefficient (Wildman–Crippen LogP) is 8.75. The fraction of sp³-hybridized carbons (Fsp3) is 0.406. The molecule has 5 heteroatoms. The second kappa shape index (κ2) is 16.9. The van der Waals surface area contributed by atoms with E-state index < -0.39 is 17.5 Å². The van der Waals surface area contributed by atoms with E-state index in [-0.39, 0.29) is 5.78 Å². The summed E-state index contributed by atoms with van der Waals surface area (Å²) in [4.78, 5) is 13.1. The Hall–Kier alpha value is -2.76. The summed E-state index contributed by atoms with van der Waals surface area (Å²) in [5.74, 6) is 0.180. The summed E-state index contributed by atoms with van der Waals surface area (Å²) in [6.45, 7) is 2.26. The standard InChI is InChI=1S/C32H40O4S/c1-2-3-4-5-6-7-8-9-10-13-18-27-23-25-30(26-24-27)35-37(34)36-32(29-21-16-12-17-22-29)31(33)28-19-14-11-15-20-28/h11-12,14-17,19-26,32H,2-10,13,18H2,1H3. The number of benzene rings is 3. The summed E-state index contributed by atoms with van der Waals surface area (Å²) in [6.07, 6.45) is 13.2. The smallest absolute Gasteiger partial charge is 0.361 e. The molecular weight excluding hydrogens is 480 g/mol. The van der Waals surface area contributed by atoms with E-state index in [4.69, 9.17) is 8.37 Å². The van der Waals surface area contributed by atoms with Crippen LogP contribution in [-0.2, 0) is 22.0 Å². The minimum Gasteiger partial charge on any atom is -0.380 e. The summed E-state index contributed by atoms with van der Waals surface area (Å²) in [6, 6.07) is 25.6.